The van der Waals surface area contributed by atoms with E-state index in [0.29, 0.717) is 19.5 Å². The van der Waals surface area contributed by atoms with Crippen LogP contribution in [0.15, 0.2) is 0 Å². The van der Waals surface area contributed by atoms with Crippen molar-refractivity contribution >= 4 is 17.8 Å². The highest BCUT2D eigenvalue weighted by Crippen LogP contribution is 2.20. The number of amides is 2. The van der Waals surface area contributed by atoms with Crippen LogP contribution in [0.25, 0.3) is 0 Å². The first-order chi connectivity index (χ1) is 9.02. The number of carboxylic acid groups (broad SMARTS) is 1. The predicted octanol–water partition coefficient (Wildman–Crippen LogP) is -0.835. The van der Waals surface area contributed by atoms with Crippen LogP contribution < -0.4 is 11.1 Å². The summed E-state index contributed by atoms with van der Waals surface area (Å²) in [4.78, 5) is 35.0. The topological polar surface area (TPSA) is 113 Å². The van der Waals surface area contributed by atoms with Gasteiger partial charge in [-0.1, -0.05) is 0 Å². The maximum Gasteiger partial charge on any atom is 0.303 e. The summed E-state index contributed by atoms with van der Waals surface area (Å²) < 4.78 is 0. The highest BCUT2D eigenvalue weighted by Gasteiger charge is 2.23. The molecule has 1 fully saturated rings. The molecule has 0 saturated carbocycles. The van der Waals surface area contributed by atoms with E-state index in [9.17, 15) is 14.4 Å². The van der Waals surface area contributed by atoms with Gasteiger partial charge in [0.25, 0.3) is 0 Å². The van der Waals surface area contributed by atoms with E-state index >= 15 is 0 Å². The van der Waals surface area contributed by atoms with Gasteiger partial charge in [-0.15, -0.1) is 0 Å². The number of carbonyl (C=O) groups is 3. The number of piperidine rings is 1. The van der Waals surface area contributed by atoms with E-state index in [4.69, 9.17) is 10.8 Å². The molecule has 1 atom stereocenters. The smallest absolute Gasteiger partial charge is 0.303 e. The number of carbonyl (C=O) groups excluding carboxylic acids is 2. The lowest BCUT2D eigenvalue weighted by Gasteiger charge is -2.32. The second-order valence-electron chi connectivity index (χ2n) is 4.76. The van der Waals surface area contributed by atoms with Gasteiger partial charge in [0.2, 0.25) is 11.8 Å². The summed E-state index contributed by atoms with van der Waals surface area (Å²) in [6, 6.07) is 0. The summed E-state index contributed by atoms with van der Waals surface area (Å²) in [6.45, 7) is 1.07. The minimum Gasteiger partial charge on any atom is -0.481 e. The van der Waals surface area contributed by atoms with Gasteiger partial charge in [0, 0.05) is 19.5 Å². The van der Waals surface area contributed by atoms with Crippen molar-refractivity contribution in [2.45, 2.75) is 25.7 Å². The average Bonchev–Trinajstić information content (AvgIpc) is 2.42. The Morgan fingerprint density at radius 2 is 2.11 bits per heavy atom. The number of likely N-dealkylation sites (tertiary alicyclic amines) is 1. The van der Waals surface area contributed by atoms with Gasteiger partial charge < -0.3 is 21.1 Å². The zero-order valence-corrected chi connectivity index (χ0v) is 10.9. The van der Waals surface area contributed by atoms with Crippen LogP contribution in [-0.4, -0.2) is 54.0 Å². The molecule has 1 heterocycles. The average molecular weight is 271 g/mol. The zero-order valence-electron chi connectivity index (χ0n) is 10.9. The third kappa shape index (κ3) is 5.69. The van der Waals surface area contributed by atoms with Crippen LogP contribution in [0, 0.1) is 5.92 Å². The number of rotatable bonds is 6. The fraction of sp³-hybridized carbons (Fsp3) is 0.750. The maximum atomic E-state index is 11.9. The molecule has 0 aromatic rings. The highest BCUT2D eigenvalue weighted by molar-refractivity contribution is 5.85. The van der Waals surface area contributed by atoms with Crippen molar-refractivity contribution in [3.05, 3.63) is 0 Å². The first-order valence-electron chi connectivity index (χ1n) is 6.49. The lowest BCUT2D eigenvalue weighted by Crippen LogP contribution is -2.46. The Bertz CT molecular complexity index is 346. The summed E-state index contributed by atoms with van der Waals surface area (Å²) in [6.07, 6.45) is 2.55. The molecule has 0 bridgehead atoms. The Morgan fingerprint density at radius 1 is 1.37 bits per heavy atom. The third-order valence-corrected chi connectivity index (χ3v) is 3.26. The van der Waals surface area contributed by atoms with Gasteiger partial charge in [0.15, 0.2) is 0 Å². The Hall–Kier alpha value is -1.63. The first-order valence-corrected chi connectivity index (χ1v) is 6.49. The van der Waals surface area contributed by atoms with E-state index in [-0.39, 0.29) is 37.2 Å². The molecule has 1 aliphatic heterocycles. The summed E-state index contributed by atoms with van der Waals surface area (Å²) in [5, 5.41) is 11.1. The molecule has 0 radical (unpaired) electrons. The fourth-order valence-electron chi connectivity index (χ4n) is 2.21. The molecule has 1 rings (SSSR count). The largest absolute Gasteiger partial charge is 0.481 e. The Balaban J connectivity index is 2.34. The first kappa shape index (κ1) is 15.4. The number of hydrogen-bond acceptors (Lipinski definition) is 4. The molecule has 1 unspecified atom stereocenters. The van der Waals surface area contributed by atoms with Gasteiger partial charge >= 0.3 is 5.97 Å². The van der Waals surface area contributed by atoms with E-state index in [1.54, 1.807) is 4.90 Å². The Kier molecular flexibility index (Phi) is 6.27. The van der Waals surface area contributed by atoms with Crippen molar-refractivity contribution in [3.63, 3.8) is 0 Å². The van der Waals surface area contributed by atoms with Crippen molar-refractivity contribution in [1.29, 1.82) is 0 Å². The SMILES string of the molecule is NCC(=O)NCC(=O)N1CCCC(CCC(=O)O)C1. The van der Waals surface area contributed by atoms with Crippen LogP contribution in [0.4, 0.5) is 0 Å². The van der Waals surface area contributed by atoms with E-state index in [0.717, 1.165) is 12.8 Å². The minimum absolute atomic E-state index is 0.0400. The second kappa shape index (κ2) is 7.73. The van der Waals surface area contributed by atoms with Crippen LogP contribution in [0.3, 0.4) is 0 Å². The molecule has 0 aromatic heterocycles. The van der Waals surface area contributed by atoms with Crippen LogP contribution in [0.5, 0.6) is 0 Å². The molecule has 1 saturated heterocycles. The summed E-state index contributed by atoms with van der Waals surface area (Å²) in [5.41, 5.74) is 5.13. The normalized spacial score (nSPS) is 19.0. The van der Waals surface area contributed by atoms with E-state index in [2.05, 4.69) is 5.32 Å². The number of aliphatic carboxylic acids is 1. The lowest BCUT2D eigenvalue weighted by atomic mass is 9.93. The van der Waals surface area contributed by atoms with Crippen LogP contribution in [-0.2, 0) is 14.4 Å². The number of nitrogens with two attached hydrogens (primary N) is 1. The van der Waals surface area contributed by atoms with Gasteiger partial charge in [-0.3, -0.25) is 14.4 Å². The van der Waals surface area contributed by atoms with Gasteiger partial charge in [-0.05, 0) is 25.2 Å². The maximum absolute atomic E-state index is 11.9. The van der Waals surface area contributed by atoms with Crippen molar-refractivity contribution in [2.24, 2.45) is 11.7 Å². The van der Waals surface area contributed by atoms with Crippen molar-refractivity contribution in [3.8, 4) is 0 Å². The number of nitrogens with one attached hydrogen (secondary N) is 1. The standard InChI is InChI=1S/C12H21N3O4/c13-6-10(16)14-7-11(17)15-5-1-2-9(8-15)3-4-12(18)19/h9H,1-8,13H2,(H,14,16)(H,18,19). The lowest BCUT2D eigenvalue weighted by molar-refractivity contribution is -0.137. The predicted molar refractivity (Wildman–Crippen MR) is 68.2 cm³/mol. The van der Waals surface area contributed by atoms with Crippen LogP contribution in [0.2, 0.25) is 0 Å². The number of carboxylic acids is 1. The molecule has 7 heteroatoms. The Labute approximate surface area is 112 Å². The van der Waals surface area contributed by atoms with Gasteiger partial charge in [0.1, 0.15) is 0 Å². The molecule has 4 N–H and O–H groups in total. The second-order valence-corrected chi connectivity index (χ2v) is 4.76. The van der Waals surface area contributed by atoms with E-state index < -0.39 is 5.97 Å². The third-order valence-electron chi connectivity index (χ3n) is 3.26. The molecular weight excluding hydrogens is 250 g/mol. The Morgan fingerprint density at radius 3 is 2.74 bits per heavy atom. The molecule has 1 aliphatic rings. The minimum atomic E-state index is -0.807. The fourth-order valence-corrected chi connectivity index (χ4v) is 2.21. The molecule has 7 nitrogen and oxygen atoms in total. The molecule has 108 valence electrons. The van der Waals surface area contributed by atoms with Gasteiger partial charge in [0.05, 0.1) is 13.1 Å². The van der Waals surface area contributed by atoms with Gasteiger partial charge in [-0.2, -0.15) is 0 Å². The van der Waals surface area contributed by atoms with Gasteiger partial charge in [-0.25, -0.2) is 0 Å². The molecule has 0 aliphatic carbocycles. The van der Waals surface area contributed by atoms with Crippen molar-refractivity contribution in [2.75, 3.05) is 26.2 Å². The van der Waals surface area contributed by atoms with Crippen LogP contribution in [0.1, 0.15) is 25.7 Å². The van der Waals surface area contributed by atoms with Crippen LogP contribution >= 0.6 is 0 Å². The molecule has 2 amide bonds. The summed E-state index contributed by atoms with van der Waals surface area (Å²) in [7, 11) is 0. The van der Waals surface area contributed by atoms with Crippen molar-refractivity contribution in [1.82, 2.24) is 10.2 Å². The quantitative estimate of drug-likeness (QED) is 0.583. The monoisotopic (exact) mass is 271 g/mol. The number of nitrogens with zero attached hydrogens (tertiary/aromatic N) is 1. The van der Waals surface area contributed by atoms with E-state index in [1.807, 2.05) is 0 Å². The molecule has 19 heavy (non-hydrogen) atoms. The summed E-state index contributed by atoms with van der Waals surface area (Å²) >= 11 is 0. The molecular formula is C12H21N3O4. The van der Waals surface area contributed by atoms with E-state index in [1.165, 1.54) is 0 Å². The highest BCUT2D eigenvalue weighted by atomic mass is 16.4. The number of hydrogen-bond donors (Lipinski definition) is 3. The molecule has 0 spiro atoms. The molecule has 0 aromatic carbocycles. The summed E-state index contributed by atoms with van der Waals surface area (Å²) in [5.74, 6) is -1.06. The zero-order chi connectivity index (χ0) is 14.3. The van der Waals surface area contributed by atoms with Crippen molar-refractivity contribution < 1.29 is 19.5 Å².